The van der Waals surface area contributed by atoms with E-state index in [1.54, 1.807) is 42.5 Å². The van der Waals surface area contributed by atoms with E-state index in [1.807, 2.05) is 18.2 Å². The number of amides is 1. The van der Waals surface area contributed by atoms with E-state index in [4.69, 9.17) is 9.47 Å². The molecule has 0 radical (unpaired) electrons. The Morgan fingerprint density at radius 1 is 1.26 bits per heavy atom. The second-order valence-electron chi connectivity index (χ2n) is 5.77. The molecule has 0 aromatic heterocycles. The Bertz CT molecular complexity index is 943. The molecule has 0 saturated heterocycles. The fourth-order valence-corrected chi connectivity index (χ4v) is 2.44. The summed E-state index contributed by atoms with van der Waals surface area (Å²) in [5.74, 6) is 0.221. The van der Waals surface area contributed by atoms with Crippen LogP contribution in [0, 0.1) is 0 Å². The van der Waals surface area contributed by atoms with Crippen molar-refractivity contribution in [2.45, 2.75) is 6.92 Å². The molecule has 6 nitrogen and oxygen atoms in total. The zero-order valence-corrected chi connectivity index (χ0v) is 14.8. The number of nitrogens with one attached hydrogen (secondary N) is 1. The molecule has 2 aromatic carbocycles. The zero-order chi connectivity index (χ0) is 19.2. The van der Waals surface area contributed by atoms with E-state index in [2.05, 4.69) is 16.9 Å². The summed E-state index contributed by atoms with van der Waals surface area (Å²) in [5, 5.41) is 2.68. The molecule has 1 amide bonds. The van der Waals surface area contributed by atoms with Gasteiger partial charge in [0, 0.05) is 18.2 Å². The van der Waals surface area contributed by atoms with Crippen LogP contribution in [0.3, 0.4) is 0 Å². The molecule has 1 aliphatic heterocycles. The third kappa shape index (κ3) is 4.70. The van der Waals surface area contributed by atoms with E-state index in [9.17, 15) is 9.59 Å². The summed E-state index contributed by atoms with van der Waals surface area (Å²) in [5.41, 5.74) is 2.28. The van der Waals surface area contributed by atoms with Crippen LogP contribution < -0.4 is 10.1 Å². The number of hydrogen-bond donors (Lipinski definition) is 1. The minimum absolute atomic E-state index is 0.156. The maximum atomic E-state index is 12.1. The first-order valence-electron chi connectivity index (χ1n) is 8.29. The molecule has 0 aliphatic carbocycles. The number of benzene rings is 2. The number of esters is 1. The van der Waals surface area contributed by atoms with Crippen molar-refractivity contribution in [2.75, 3.05) is 11.9 Å². The van der Waals surface area contributed by atoms with Gasteiger partial charge in [0.25, 0.3) is 0 Å². The number of aliphatic imine (C=N–C) groups is 1. The number of rotatable bonds is 6. The largest absolute Gasteiger partial charge is 0.490 e. The lowest BCUT2D eigenvalue weighted by Crippen LogP contribution is -2.07. The van der Waals surface area contributed by atoms with Gasteiger partial charge in [0.15, 0.2) is 5.70 Å². The highest BCUT2D eigenvalue weighted by Crippen LogP contribution is 2.22. The SMILES string of the molecule is C=CCOc1cccc(/C=C2\N=C(c3ccc(NC(C)=O)cc3)OC2=O)c1. The van der Waals surface area contributed by atoms with Crippen molar-refractivity contribution in [1.29, 1.82) is 0 Å². The molecule has 0 spiro atoms. The molecule has 1 aliphatic rings. The van der Waals surface area contributed by atoms with E-state index in [-0.39, 0.29) is 17.5 Å². The van der Waals surface area contributed by atoms with Gasteiger partial charge in [0.2, 0.25) is 11.8 Å². The lowest BCUT2D eigenvalue weighted by Gasteiger charge is -2.03. The summed E-state index contributed by atoms with van der Waals surface area (Å²) in [6.45, 7) is 5.45. The topological polar surface area (TPSA) is 77.0 Å². The van der Waals surface area contributed by atoms with Gasteiger partial charge in [0.1, 0.15) is 12.4 Å². The van der Waals surface area contributed by atoms with E-state index in [0.717, 1.165) is 5.56 Å². The normalized spacial score (nSPS) is 14.5. The van der Waals surface area contributed by atoms with Crippen LogP contribution >= 0.6 is 0 Å². The van der Waals surface area contributed by atoms with Crippen LogP contribution in [0.1, 0.15) is 18.1 Å². The monoisotopic (exact) mass is 362 g/mol. The Morgan fingerprint density at radius 2 is 2.04 bits per heavy atom. The number of cyclic esters (lactones) is 1. The van der Waals surface area contributed by atoms with Crippen LogP contribution in [0.5, 0.6) is 5.75 Å². The van der Waals surface area contributed by atoms with Gasteiger partial charge in [0.05, 0.1) is 0 Å². The Balaban J connectivity index is 1.80. The highest BCUT2D eigenvalue weighted by Gasteiger charge is 2.24. The molecular weight excluding hydrogens is 344 g/mol. The van der Waals surface area contributed by atoms with Crippen molar-refractivity contribution in [1.82, 2.24) is 0 Å². The molecule has 1 heterocycles. The third-order valence-corrected chi connectivity index (χ3v) is 3.60. The van der Waals surface area contributed by atoms with Crippen LogP contribution in [-0.2, 0) is 14.3 Å². The Kier molecular flexibility index (Phi) is 5.47. The molecule has 0 atom stereocenters. The number of hydrogen-bond acceptors (Lipinski definition) is 5. The van der Waals surface area contributed by atoms with Gasteiger partial charge in [-0.3, -0.25) is 4.79 Å². The maximum Gasteiger partial charge on any atom is 0.363 e. The highest BCUT2D eigenvalue weighted by molar-refractivity contribution is 6.13. The van der Waals surface area contributed by atoms with Crippen molar-refractivity contribution >= 4 is 29.5 Å². The molecule has 6 heteroatoms. The van der Waals surface area contributed by atoms with Crippen LogP contribution in [0.25, 0.3) is 6.08 Å². The predicted octanol–water partition coefficient (Wildman–Crippen LogP) is 3.55. The fourth-order valence-electron chi connectivity index (χ4n) is 2.44. The molecule has 3 rings (SSSR count). The molecule has 0 saturated carbocycles. The van der Waals surface area contributed by atoms with Crippen LogP contribution in [0.4, 0.5) is 5.69 Å². The average molecular weight is 362 g/mol. The predicted molar refractivity (Wildman–Crippen MR) is 103 cm³/mol. The molecule has 0 bridgehead atoms. The first-order chi connectivity index (χ1) is 13.0. The van der Waals surface area contributed by atoms with Gasteiger partial charge in [-0.1, -0.05) is 24.8 Å². The second kappa shape index (κ2) is 8.14. The summed E-state index contributed by atoms with van der Waals surface area (Å²) >= 11 is 0. The van der Waals surface area contributed by atoms with Gasteiger partial charge in [-0.15, -0.1) is 0 Å². The van der Waals surface area contributed by atoms with Gasteiger partial charge in [-0.2, -0.15) is 0 Å². The summed E-state index contributed by atoms with van der Waals surface area (Å²) in [4.78, 5) is 27.5. The Labute approximate surface area is 156 Å². The van der Waals surface area contributed by atoms with Gasteiger partial charge >= 0.3 is 5.97 Å². The fraction of sp³-hybridized carbons (Fsp3) is 0.0952. The molecular formula is C21H18N2O4. The van der Waals surface area contributed by atoms with Crippen molar-refractivity contribution in [3.8, 4) is 5.75 Å². The number of anilines is 1. The van der Waals surface area contributed by atoms with Gasteiger partial charge in [-0.25, -0.2) is 9.79 Å². The van der Waals surface area contributed by atoms with Crippen LogP contribution in [-0.4, -0.2) is 24.4 Å². The standard InChI is InChI=1S/C21H18N2O4/c1-3-11-26-18-6-4-5-15(12-18)13-19-21(25)27-20(23-19)16-7-9-17(10-8-16)22-14(2)24/h3-10,12-13H,1,11H2,2H3,(H,22,24)/b19-13-. The summed E-state index contributed by atoms with van der Waals surface area (Å²) in [6, 6.07) is 14.2. The Hall–Kier alpha value is -3.67. The van der Waals surface area contributed by atoms with E-state index in [1.165, 1.54) is 6.92 Å². The first-order valence-corrected chi connectivity index (χ1v) is 8.29. The lowest BCUT2D eigenvalue weighted by atomic mass is 10.2. The molecule has 0 fully saturated rings. The quantitative estimate of drug-likeness (QED) is 0.484. The molecule has 0 unspecified atom stereocenters. The van der Waals surface area contributed by atoms with Gasteiger partial charge < -0.3 is 14.8 Å². The second-order valence-corrected chi connectivity index (χ2v) is 5.77. The van der Waals surface area contributed by atoms with E-state index in [0.29, 0.717) is 23.6 Å². The molecule has 1 N–H and O–H groups in total. The maximum absolute atomic E-state index is 12.1. The number of carbonyl (C=O) groups excluding carboxylic acids is 2. The minimum Gasteiger partial charge on any atom is -0.490 e. The van der Waals surface area contributed by atoms with Gasteiger partial charge in [-0.05, 0) is 48.0 Å². The lowest BCUT2D eigenvalue weighted by molar-refractivity contribution is -0.129. The number of ether oxygens (including phenoxy) is 2. The molecule has 136 valence electrons. The molecule has 27 heavy (non-hydrogen) atoms. The summed E-state index contributed by atoms with van der Waals surface area (Å²) in [7, 11) is 0. The van der Waals surface area contributed by atoms with Crippen molar-refractivity contribution in [2.24, 2.45) is 4.99 Å². The molecule has 2 aromatic rings. The van der Waals surface area contributed by atoms with E-state index >= 15 is 0 Å². The third-order valence-electron chi connectivity index (χ3n) is 3.60. The Morgan fingerprint density at radius 3 is 2.74 bits per heavy atom. The number of carbonyl (C=O) groups is 2. The smallest absolute Gasteiger partial charge is 0.363 e. The minimum atomic E-state index is -0.520. The highest BCUT2D eigenvalue weighted by atomic mass is 16.6. The first kappa shape index (κ1) is 18.1. The summed E-state index contributed by atoms with van der Waals surface area (Å²) in [6.07, 6.45) is 3.30. The van der Waals surface area contributed by atoms with E-state index < -0.39 is 5.97 Å². The average Bonchev–Trinajstić information content (AvgIpc) is 3.01. The summed E-state index contributed by atoms with van der Waals surface area (Å²) < 4.78 is 10.7. The van der Waals surface area contributed by atoms with Crippen molar-refractivity contribution < 1.29 is 19.1 Å². The van der Waals surface area contributed by atoms with Crippen LogP contribution in [0.2, 0.25) is 0 Å². The van der Waals surface area contributed by atoms with Crippen LogP contribution in [0.15, 0.2) is 71.9 Å². The van der Waals surface area contributed by atoms with Crippen molar-refractivity contribution in [3.63, 3.8) is 0 Å². The number of nitrogens with zero attached hydrogens (tertiary/aromatic N) is 1. The zero-order valence-electron chi connectivity index (χ0n) is 14.8. The van der Waals surface area contributed by atoms with Crippen molar-refractivity contribution in [3.05, 3.63) is 78.0 Å².